The van der Waals surface area contributed by atoms with Crippen molar-refractivity contribution in [2.24, 2.45) is 0 Å². The zero-order valence-corrected chi connectivity index (χ0v) is 15.9. The van der Waals surface area contributed by atoms with Crippen LogP contribution in [0.5, 0.6) is 0 Å². The van der Waals surface area contributed by atoms with E-state index in [0.29, 0.717) is 12.6 Å². The molecule has 1 saturated heterocycles. The van der Waals surface area contributed by atoms with Gasteiger partial charge in [-0.15, -0.1) is 11.3 Å². The maximum absolute atomic E-state index is 12.3. The Hall–Kier alpha value is -2.18. The highest BCUT2D eigenvalue weighted by Crippen LogP contribution is 2.23. The number of hydrogen-bond acceptors (Lipinski definition) is 3. The topological polar surface area (TPSA) is 62.6 Å². The van der Waals surface area contributed by atoms with Gasteiger partial charge in [-0.2, -0.15) is 0 Å². The molecule has 138 valence electrons. The quantitative estimate of drug-likeness (QED) is 0.694. The van der Waals surface area contributed by atoms with Crippen LogP contribution in [0.2, 0.25) is 0 Å². The van der Waals surface area contributed by atoms with Crippen LogP contribution in [0.3, 0.4) is 0 Å². The largest absolute Gasteiger partial charge is 0.342 e. The van der Waals surface area contributed by atoms with Crippen molar-refractivity contribution < 1.29 is 14.5 Å². The molecule has 3 rings (SSSR count). The van der Waals surface area contributed by atoms with Crippen molar-refractivity contribution in [3.05, 3.63) is 52.2 Å². The van der Waals surface area contributed by atoms with Gasteiger partial charge in [-0.25, -0.2) is 0 Å². The minimum absolute atomic E-state index is 0.00777. The van der Waals surface area contributed by atoms with E-state index in [9.17, 15) is 9.59 Å². The highest BCUT2D eigenvalue weighted by molar-refractivity contribution is 7.10. The Bertz CT molecular complexity index is 745. The number of thiophene rings is 1. The molecule has 1 aromatic heterocycles. The Kier molecular flexibility index (Phi) is 6.41. The summed E-state index contributed by atoms with van der Waals surface area (Å²) in [6, 6.07) is 12.4. The lowest BCUT2D eigenvalue weighted by Crippen LogP contribution is -3.11. The zero-order chi connectivity index (χ0) is 18.4. The molecule has 0 aliphatic carbocycles. The summed E-state index contributed by atoms with van der Waals surface area (Å²) < 4.78 is 0. The summed E-state index contributed by atoms with van der Waals surface area (Å²) in [6.07, 6.45) is 3.11. The lowest BCUT2D eigenvalue weighted by Gasteiger charge is -2.20. The SMILES string of the molecule is CCc1ccccc1NC(=O)CNC(=O)C[NH+]1CCC[C@H]1c1cccs1. The van der Waals surface area contributed by atoms with E-state index in [-0.39, 0.29) is 18.4 Å². The van der Waals surface area contributed by atoms with Crippen molar-refractivity contribution in [3.63, 3.8) is 0 Å². The summed E-state index contributed by atoms with van der Waals surface area (Å²) in [5.74, 6) is -0.257. The summed E-state index contributed by atoms with van der Waals surface area (Å²) in [6.45, 7) is 3.48. The third-order valence-electron chi connectivity index (χ3n) is 4.88. The number of anilines is 1. The molecule has 2 amide bonds. The molecule has 1 aromatic carbocycles. The van der Waals surface area contributed by atoms with E-state index in [2.05, 4.69) is 35.1 Å². The molecule has 1 aliphatic rings. The molecule has 26 heavy (non-hydrogen) atoms. The smallest absolute Gasteiger partial charge is 0.275 e. The van der Waals surface area contributed by atoms with Crippen LogP contribution in [-0.4, -0.2) is 31.4 Å². The van der Waals surface area contributed by atoms with Crippen LogP contribution in [-0.2, 0) is 16.0 Å². The van der Waals surface area contributed by atoms with E-state index >= 15 is 0 Å². The number of aryl methyl sites for hydroxylation is 1. The highest BCUT2D eigenvalue weighted by Gasteiger charge is 2.32. The summed E-state index contributed by atoms with van der Waals surface area (Å²) in [7, 11) is 0. The van der Waals surface area contributed by atoms with Crippen molar-refractivity contribution in [1.29, 1.82) is 0 Å². The van der Waals surface area contributed by atoms with Gasteiger partial charge in [0.25, 0.3) is 5.91 Å². The van der Waals surface area contributed by atoms with E-state index in [1.54, 1.807) is 11.3 Å². The van der Waals surface area contributed by atoms with Crippen LogP contribution in [0.15, 0.2) is 41.8 Å². The van der Waals surface area contributed by atoms with E-state index in [0.717, 1.165) is 37.1 Å². The van der Waals surface area contributed by atoms with Gasteiger partial charge in [-0.1, -0.05) is 31.2 Å². The normalized spacial score (nSPS) is 19.3. The molecule has 1 unspecified atom stereocenters. The molecule has 1 fully saturated rings. The molecule has 2 aromatic rings. The van der Waals surface area contributed by atoms with E-state index in [4.69, 9.17) is 0 Å². The average molecular weight is 373 g/mol. The molecule has 6 heteroatoms. The van der Waals surface area contributed by atoms with Gasteiger partial charge in [0.1, 0.15) is 6.04 Å². The number of rotatable bonds is 7. The summed E-state index contributed by atoms with van der Waals surface area (Å²) in [4.78, 5) is 27.1. The van der Waals surface area contributed by atoms with Crippen LogP contribution in [0.4, 0.5) is 5.69 Å². The molecule has 0 bridgehead atoms. The van der Waals surface area contributed by atoms with Crippen LogP contribution in [0.25, 0.3) is 0 Å². The van der Waals surface area contributed by atoms with Gasteiger partial charge in [0, 0.05) is 18.5 Å². The van der Waals surface area contributed by atoms with Crippen LogP contribution >= 0.6 is 11.3 Å². The first-order chi connectivity index (χ1) is 12.7. The Balaban J connectivity index is 1.47. The molecule has 1 aliphatic heterocycles. The van der Waals surface area contributed by atoms with Gasteiger partial charge in [0.05, 0.1) is 18.0 Å². The lowest BCUT2D eigenvalue weighted by atomic mass is 10.1. The first kappa shape index (κ1) is 18.6. The van der Waals surface area contributed by atoms with Gasteiger partial charge in [-0.05, 0) is 29.5 Å². The lowest BCUT2D eigenvalue weighted by molar-refractivity contribution is -0.910. The van der Waals surface area contributed by atoms with E-state index in [1.807, 2.05) is 24.3 Å². The average Bonchev–Trinajstić information content (AvgIpc) is 3.32. The summed E-state index contributed by atoms with van der Waals surface area (Å²) in [5, 5.41) is 7.73. The summed E-state index contributed by atoms with van der Waals surface area (Å²) in [5.41, 5.74) is 1.91. The number of carbonyl (C=O) groups is 2. The fourth-order valence-corrected chi connectivity index (χ4v) is 4.47. The number of quaternary nitrogens is 1. The number of benzene rings is 1. The van der Waals surface area contributed by atoms with Crippen molar-refractivity contribution in [2.45, 2.75) is 32.2 Å². The maximum atomic E-state index is 12.3. The Labute approximate surface area is 158 Å². The molecule has 0 spiro atoms. The summed E-state index contributed by atoms with van der Waals surface area (Å²) >= 11 is 1.76. The van der Waals surface area contributed by atoms with E-state index < -0.39 is 0 Å². The second kappa shape index (κ2) is 8.96. The second-order valence-corrected chi connectivity index (χ2v) is 7.61. The fraction of sp³-hybridized carbons (Fsp3) is 0.400. The molecule has 0 radical (unpaired) electrons. The molecular formula is C20H26N3O2S+. The molecule has 3 N–H and O–H groups in total. The number of nitrogens with one attached hydrogen (secondary N) is 3. The minimum atomic E-state index is -0.189. The van der Waals surface area contributed by atoms with Crippen LogP contribution < -0.4 is 15.5 Å². The number of para-hydroxylation sites is 1. The third kappa shape index (κ3) is 4.71. The number of carbonyl (C=O) groups excluding carboxylic acids is 2. The predicted octanol–water partition coefficient (Wildman–Crippen LogP) is 1.79. The Morgan fingerprint density at radius 1 is 1.19 bits per heavy atom. The van der Waals surface area contributed by atoms with Crippen LogP contribution in [0.1, 0.15) is 36.2 Å². The van der Waals surface area contributed by atoms with Gasteiger partial charge < -0.3 is 15.5 Å². The van der Waals surface area contributed by atoms with Crippen molar-refractivity contribution in [2.75, 3.05) is 25.0 Å². The zero-order valence-electron chi connectivity index (χ0n) is 15.1. The predicted molar refractivity (Wildman–Crippen MR) is 104 cm³/mol. The Morgan fingerprint density at radius 2 is 2.04 bits per heavy atom. The minimum Gasteiger partial charge on any atom is -0.342 e. The maximum Gasteiger partial charge on any atom is 0.275 e. The first-order valence-corrected chi connectivity index (χ1v) is 10.1. The van der Waals surface area contributed by atoms with Crippen molar-refractivity contribution in [1.82, 2.24) is 5.32 Å². The van der Waals surface area contributed by atoms with Crippen molar-refractivity contribution in [3.8, 4) is 0 Å². The molecule has 2 atom stereocenters. The van der Waals surface area contributed by atoms with Crippen LogP contribution in [0, 0.1) is 0 Å². The Morgan fingerprint density at radius 3 is 2.81 bits per heavy atom. The number of hydrogen-bond donors (Lipinski definition) is 3. The van der Waals surface area contributed by atoms with Crippen molar-refractivity contribution >= 4 is 28.8 Å². The second-order valence-electron chi connectivity index (χ2n) is 6.63. The van der Waals surface area contributed by atoms with Gasteiger partial charge in [0.15, 0.2) is 6.54 Å². The van der Waals surface area contributed by atoms with Gasteiger partial charge in [0.2, 0.25) is 5.91 Å². The van der Waals surface area contributed by atoms with Gasteiger partial charge in [-0.3, -0.25) is 9.59 Å². The fourth-order valence-electron chi connectivity index (χ4n) is 3.55. The first-order valence-electron chi connectivity index (χ1n) is 9.19. The number of likely N-dealkylation sites (tertiary alicyclic amines) is 1. The third-order valence-corrected chi connectivity index (χ3v) is 5.86. The monoisotopic (exact) mass is 372 g/mol. The molecular weight excluding hydrogens is 346 g/mol. The number of amides is 2. The molecule has 2 heterocycles. The molecule has 5 nitrogen and oxygen atoms in total. The standard InChI is InChI=1S/C20H25N3O2S/c1-2-15-7-3-4-8-16(15)22-19(24)13-21-20(25)14-23-11-5-9-17(23)18-10-6-12-26-18/h3-4,6-8,10,12,17H,2,5,9,11,13-14H2,1H3,(H,21,25)(H,22,24)/p+1/t17-/m0/s1. The van der Waals surface area contributed by atoms with E-state index in [1.165, 1.54) is 9.78 Å². The highest BCUT2D eigenvalue weighted by atomic mass is 32.1. The van der Waals surface area contributed by atoms with Gasteiger partial charge >= 0.3 is 0 Å². The molecule has 0 saturated carbocycles.